The molecule has 3 N–H and O–H groups in total. The molecule has 1 heterocycles. The number of amides is 1. The highest BCUT2D eigenvalue weighted by atomic mass is 35.5. The molecule has 1 aromatic carbocycles. The molecule has 5 nitrogen and oxygen atoms in total. The molecule has 0 radical (unpaired) electrons. The van der Waals surface area contributed by atoms with Gasteiger partial charge in [0.2, 0.25) is 0 Å². The van der Waals surface area contributed by atoms with Gasteiger partial charge in [-0.25, -0.2) is 10.4 Å². The van der Waals surface area contributed by atoms with Crippen LogP contribution in [0.2, 0.25) is 25.2 Å². The lowest BCUT2D eigenvalue weighted by Crippen LogP contribution is -2.20. The quantitative estimate of drug-likeness (QED) is 0.436. The molecule has 2 aromatic rings. The molecule has 0 bridgehead atoms. The molecule has 0 aliphatic heterocycles. The van der Waals surface area contributed by atoms with E-state index in [2.05, 4.69) is 15.5 Å². The van der Waals surface area contributed by atoms with Crippen molar-refractivity contribution in [3.05, 3.63) is 54.7 Å². The van der Waals surface area contributed by atoms with Gasteiger partial charge in [-0.15, -0.1) is 0 Å². The normalized spacial score (nSPS) is 11.0. The third-order valence-electron chi connectivity index (χ3n) is 2.65. The number of benzene rings is 1. The summed E-state index contributed by atoms with van der Waals surface area (Å²) < 4.78 is 0. The van der Waals surface area contributed by atoms with Crippen molar-refractivity contribution in [2.24, 2.45) is 5.10 Å². The van der Waals surface area contributed by atoms with Crippen LogP contribution in [-0.4, -0.2) is 17.1 Å². The van der Waals surface area contributed by atoms with Crippen molar-refractivity contribution in [3.63, 3.8) is 0 Å². The number of hydrazone groups is 1. The third kappa shape index (κ3) is 4.00. The summed E-state index contributed by atoms with van der Waals surface area (Å²) in [5.41, 5.74) is 8.06. The average Bonchev–Trinajstić information content (AvgIpc) is 2.51. The monoisotopic (exact) mass is 410 g/mol. The van der Waals surface area contributed by atoms with Gasteiger partial charge in [0.05, 0.1) is 27.0 Å². The van der Waals surface area contributed by atoms with Gasteiger partial charge < -0.3 is 5.73 Å². The zero-order valence-corrected chi connectivity index (χ0v) is 14.9. The van der Waals surface area contributed by atoms with Crippen molar-refractivity contribution >= 4 is 75.8 Å². The first-order valence-electron chi connectivity index (χ1n) is 5.90. The maximum atomic E-state index is 12.0. The fourth-order valence-electron chi connectivity index (χ4n) is 1.52. The second-order valence-corrected chi connectivity index (χ2v) is 6.06. The summed E-state index contributed by atoms with van der Waals surface area (Å²) in [5, 5.41) is 4.22. The molecule has 1 aromatic heterocycles. The highest BCUT2D eigenvalue weighted by Crippen LogP contribution is 2.34. The number of anilines is 1. The Morgan fingerprint density at radius 1 is 1.13 bits per heavy atom. The third-order valence-corrected chi connectivity index (χ3v) is 4.44. The van der Waals surface area contributed by atoms with Crippen LogP contribution in [0, 0.1) is 0 Å². The van der Waals surface area contributed by atoms with Crippen LogP contribution < -0.4 is 11.2 Å². The van der Waals surface area contributed by atoms with Gasteiger partial charge in [-0.3, -0.25) is 4.79 Å². The molecule has 0 unspecified atom stereocenters. The smallest absolute Gasteiger partial charge is 0.291 e. The number of hydrogen-bond acceptors (Lipinski definition) is 4. The summed E-state index contributed by atoms with van der Waals surface area (Å²) in [6, 6.07) is 4.95. The van der Waals surface area contributed by atoms with E-state index in [4.69, 9.17) is 63.7 Å². The van der Waals surface area contributed by atoms with E-state index in [-0.39, 0.29) is 26.6 Å². The van der Waals surface area contributed by atoms with Gasteiger partial charge in [-0.05, 0) is 12.1 Å². The van der Waals surface area contributed by atoms with Gasteiger partial charge in [0.1, 0.15) is 5.02 Å². The number of pyridine rings is 1. The van der Waals surface area contributed by atoms with Gasteiger partial charge in [0.15, 0.2) is 10.8 Å². The Hall–Kier alpha value is -1.24. The van der Waals surface area contributed by atoms with Gasteiger partial charge >= 0.3 is 0 Å². The fraction of sp³-hybridized carbons (Fsp3) is 0. The Kier molecular flexibility index (Phi) is 5.95. The summed E-state index contributed by atoms with van der Waals surface area (Å²) in [7, 11) is 0. The lowest BCUT2D eigenvalue weighted by atomic mass is 10.2. The number of nitrogens with zero attached hydrogens (tertiary/aromatic N) is 2. The molecular formula is C13H7Cl5N4O. The number of rotatable bonds is 3. The van der Waals surface area contributed by atoms with Crippen molar-refractivity contribution in [3.8, 4) is 0 Å². The molecule has 10 heteroatoms. The van der Waals surface area contributed by atoms with Gasteiger partial charge in [0.25, 0.3) is 5.91 Å². The minimum Gasteiger partial charge on any atom is -0.396 e. The lowest BCUT2D eigenvalue weighted by molar-refractivity contribution is 0.0950. The van der Waals surface area contributed by atoms with E-state index in [1.807, 2.05) is 0 Å². The zero-order chi connectivity index (χ0) is 17.1. The second-order valence-electron chi connectivity index (χ2n) is 4.13. The van der Waals surface area contributed by atoms with E-state index in [1.54, 1.807) is 18.2 Å². The van der Waals surface area contributed by atoms with Crippen LogP contribution in [0.5, 0.6) is 0 Å². The summed E-state index contributed by atoms with van der Waals surface area (Å²) in [4.78, 5) is 15.8. The van der Waals surface area contributed by atoms with Crippen LogP contribution in [0.3, 0.4) is 0 Å². The molecule has 0 saturated carbocycles. The molecule has 1 amide bonds. The van der Waals surface area contributed by atoms with Crippen molar-refractivity contribution in [1.82, 2.24) is 10.4 Å². The van der Waals surface area contributed by atoms with Crippen LogP contribution in [0.15, 0.2) is 23.3 Å². The highest BCUT2D eigenvalue weighted by Gasteiger charge is 2.19. The summed E-state index contributed by atoms with van der Waals surface area (Å²) in [6.07, 6.45) is 1.29. The topological polar surface area (TPSA) is 80.4 Å². The summed E-state index contributed by atoms with van der Waals surface area (Å²) in [5.74, 6) is -0.723. The molecule has 0 aliphatic rings. The minimum absolute atomic E-state index is 0.0282. The zero-order valence-electron chi connectivity index (χ0n) is 11.1. The number of aromatic nitrogens is 1. The fourth-order valence-corrected chi connectivity index (χ4v) is 2.61. The number of hydrogen-bond donors (Lipinski definition) is 2. The largest absolute Gasteiger partial charge is 0.396 e. The Labute approximate surface area is 156 Å². The standard InChI is InChI=1S/C13H7Cl5N4O/c14-6-2-1-3-7(15)5(6)4-20-22-13(23)11-8(16)10(19)9(17)12(18)21-11/h1-4H,(H2,19,21)(H,22,23). The van der Waals surface area contributed by atoms with Gasteiger partial charge in [-0.2, -0.15) is 5.10 Å². The van der Waals surface area contributed by atoms with E-state index in [1.165, 1.54) is 6.21 Å². The maximum Gasteiger partial charge on any atom is 0.291 e. The molecule has 0 fully saturated rings. The summed E-state index contributed by atoms with van der Waals surface area (Å²) in [6.45, 7) is 0. The molecule has 0 aliphatic carbocycles. The number of nitrogens with two attached hydrogens (primary N) is 1. The molecule has 120 valence electrons. The van der Waals surface area contributed by atoms with Crippen LogP contribution in [0.4, 0.5) is 5.69 Å². The number of nitrogen functional groups attached to an aromatic ring is 1. The second kappa shape index (κ2) is 7.55. The van der Waals surface area contributed by atoms with E-state index in [9.17, 15) is 4.79 Å². The van der Waals surface area contributed by atoms with E-state index >= 15 is 0 Å². The van der Waals surface area contributed by atoms with E-state index in [0.29, 0.717) is 15.6 Å². The molecule has 0 spiro atoms. The predicted molar refractivity (Wildman–Crippen MR) is 95.2 cm³/mol. The van der Waals surface area contributed by atoms with Crippen molar-refractivity contribution in [2.45, 2.75) is 0 Å². The van der Waals surface area contributed by atoms with E-state index in [0.717, 1.165) is 0 Å². The molecule has 23 heavy (non-hydrogen) atoms. The average molecular weight is 412 g/mol. The Balaban J connectivity index is 2.22. The molecule has 2 rings (SSSR count). The van der Waals surface area contributed by atoms with Crippen LogP contribution in [0.1, 0.15) is 16.1 Å². The first-order chi connectivity index (χ1) is 10.8. The molecular weight excluding hydrogens is 405 g/mol. The highest BCUT2D eigenvalue weighted by molar-refractivity contribution is 6.46. The number of halogens is 5. The number of carbonyl (C=O) groups is 1. The van der Waals surface area contributed by atoms with Gasteiger partial charge in [-0.1, -0.05) is 64.1 Å². The predicted octanol–water partition coefficient (Wildman–Crippen LogP) is 4.69. The van der Waals surface area contributed by atoms with E-state index < -0.39 is 5.91 Å². The SMILES string of the molecule is Nc1c(Cl)c(Cl)nc(C(=O)NN=Cc2c(Cl)cccc2Cl)c1Cl. The summed E-state index contributed by atoms with van der Waals surface area (Å²) >= 11 is 29.4. The Morgan fingerprint density at radius 3 is 2.35 bits per heavy atom. The molecule has 0 saturated heterocycles. The molecule has 0 atom stereocenters. The van der Waals surface area contributed by atoms with Crippen LogP contribution >= 0.6 is 58.0 Å². The van der Waals surface area contributed by atoms with Gasteiger partial charge in [0, 0.05) is 5.56 Å². The van der Waals surface area contributed by atoms with Crippen LogP contribution in [-0.2, 0) is 0 Å². The van der Waals surface area contributed by atoms with Crippen molar-refractivity contribution in [2.75, 3.05) is 5.73 Å². The van der Waals surface area contributed by atoms with Crippen LogP contribution in [0.25, 0.3) is 0 Å². The van der Waals surface area contributed by atoms with Crippen molar-refractivity contribution < 1.29 is 4.79 Å². The maximum absolute atomic E-state index is 12.0. The Bertz CT molecular complexity index is 789. The first kappa shape index (κ1) is 18.1. The first-order valence-corrected chi connectivity index (χ1v) is 7.79. The van der Waals surface area contributed by atoms with Crippen molar-refractivity contribution in [1.29, 1.82) is 0 Å². The number of nitrogens with one attached hydrogen (secondary N) is 1. The minimum atomic E-state index is -0.723. The lowest BCUT2D eigenvalue weighted by Gasteiger charge is -2.07. The Morgan fingerprint density at radius 2 is 1.74 bits per heavy atom. The number of carbonyl (C=O) groups excluding carboxylic acids is 1.